The first kappa shape index (κ1) is 12.1. The molecule has 0 aliphatic carbocycles. The van der Waals surface area contributed by atoms with E-state index in [2.05, 4.69) is 12.6 Å². The first-order valence-electron chi connectivity index (χ1n) is 4.53. The molecule has 0 saturated carbocycles. The van der Waals surface area contributed by atoms with Crippen molar-refractivity contribution in [2.45, 2.75) is 4.90 Å². The quantitative estimate of drug-likeness (QED) is 0.512. The molecule has 0 N–H and O–H groups in total. The van der Waals surface area contributed by atoms with Crippen LogP contribution in [0.1, 0.15) is 0 Å². The first-order chi connectivity index (χ1) is 7.61. The minimum absolute atomic E-state index is 0.342. The molecule has 0 heterocycles. The van der Waals surface area contributed by atoms with Gasteiger partial charge in [-0.05, 0) is 11.6 Å². The lowest BCUT2D eigenvalue weighted by Gasteiger charge is -2.09. The van der Waals surface area contributed by atoms with E-state index < -0.39 is 0 Å². The molecule has 0 radical (unpaired) electrons. The summed E-state index contributed by atoms with van der Waals surface area (Å²) < 4.78 is 0. The molecule has 0 spiro atoms. The van der Waals surface area contributed by atoms with Gasteiger partial charge in [0.25, 0.3) is 0 Å². The summed E-state index contributed by atoms with van der Waals surface area (Å²) in [5, 5.41) is 1.18. The zero-order chi connectivity index (χ0) is 11.7. The number of thiol groups is 1. The summed E-state index contributed by atoms with van der Waals surface area (Å²) in [5.41, 5.74) is 1.82. The van der Waals surface area contributed by atoms with E-state index in [0.717, 1.165) is 11.1 Å². The third kappa shape index (κ3) is 2.18. The van der Waals surface area contributed by atoms with Crippen molar-refractivity contribution in [3.8, 4) is 11.1 Å². The monoisotopic (exact) mass is 288 g/mol. The van der Waals surface area contributed by atoms with Gasteiger partial charge in [-0.1, -0.05) is 65.1 Å². The Labute approximate surface area is 115 Å². The number of hydrogen-bond donors (Lipinski definition) is 1. The number of hydrogen-bond acceptors (Lipinski definition) is 1. The van der Waals surface area contributed by atoms with Crippen LogP contribution in [0.25, 0.3) is 11.1 Å². The van der Waals surface area contributed by atoms with E-state index in [1.54, 1.807) is 0 Å². The van der Waals surface area contributed by atoms with Crippen LogP contribution >= 0.6 is 47.4 Å². The van der Waals surface area contributed by atoms with Crippen LogP contribution in [0, 0.1) is 0 Å². The van der Waals surface area contributed by atoms with E-state index in [1.807, 2.05) is 36.4 Å². The Morgan fingerprint density at radius 1 is 0.812 bits per heavy atom. The van der Waals surface area contributed by atoms with Gasteiger partial charge in [0.15, 0.2) is 0 Å². The fraction of sp³-hybridized carbons (Fsp3) is 0. The van der Waals surface area contributed by atoms with Gasteiger partial charge in [0.2, 0.25) is 0 Å². The molecule has 2 aromatic carbocycles. The van der Waals surface area contributed by atoms with Gasteiger partial charge in [-0.3, -0.25) is 0 Å². The largest absolute Gasteiger partial charge is 0.142 e. The van der Waals surface area contributed by atoms with Crippen LogP contribution in [0.3, 0.4) is 0 Å². The molecule has 0 atom stereocenters. The molecule has 0 aromatic heterocycles. The Kier molecular flexibility index (Phi) is 3.70. The summed E-state index contributed by atoms with van der Waals surface area (Å²) >= 11 is 22.4. The van der Waals surface area contributed by atoms with Crippen molar-refractivity contribution in [3.63, 3.8) is 0 Å². The maximum atomic E-state index is 6.15. The molecule has 0 nitrogen and oxygen atoms in total. The van der Waals surface area contributed by atoms with Crippen LogP contribution in [0.15, 0.2) is 41.3 Å². The first-order valence-corrected chi connectivity index (χ1v) is 6.11. The second-order valence-electron chi connectivity index (χ2n) is 3.25. The van der Waals surface area contributed by atoms with Crippen molar-refractivity contribution in [2.75, 3.05) is 0 Å². The summed E-state index contributed by atoms with van der Waals surface area (Å²) in [5.74, 6) is 0. The van der Waals surface area contributed by atoms with Crippen LogP contribution < -0.4 is 0 Å². The third-order valence-electron chi connectivity index (χ3n) is 2.21. The average molecular weight is 290 g/mol. The molecule has 2 aromatic rings. The molecule has 0 unspecified atom stereocenters. The van der Waals surface area contributed by atoms with Crippen LogP contribution in [0.5, 0.6) is 0 Å². The van der Waals surface area contributed by atoms with Gasteiger partial charge in [-0.2, -0.15) is 0 Å². The molecule has 0 bridgehead atoms. The molecule has 0 aliphatic rings. The van der Waals surface area contributed by atoms with E-state index in [0.29, 0.717) is 20.0 Å². The van der Waals surface area contributed by atoms with Crippen LogP contribution in [0.2, 0.25) is 15.1 Å². The summed E-state index contributed by atoms with van der Waals surface area (Å²) in [6.07, 6.45) is 0. The van der Waals surface area contributed by atoms with Crippen LogP contribution in [0.4, 0.5) is 0 Å². The highest BCUT2D eigenvalue weighted by Crippen LogP contribution is 2.41. The van der Waals surface area contributed by atoms with Crippen molar-refractivity contribution in [3.05, 3.63) is 51.5 Å². The zero-order valence-electron chi connectivity index (χ0n) is 8.05. The number of halogens is 3. The average Bonchev–Trinajstić information content (AvgIpc) is 2.32. The van der Waals surface area contributed by atoms with Crippen molar-refractivity contribution >= 4 is 47.4 Å². The Morgan fingerprint density at radius 3 is 2.06 bits per heavy atom. The molecule has 0 fully saturated rings. The van der Waals surface area contributed by atoms with Crippen molar-refractivity contribution in [2.24, 2.45) is 0 Å². The summed E-state index contributed by atoms with van der Waals surface area (Å²) in [4.78, 5) is 0.620. The summed E-state index contributed by atoms with van der Waals surface area (Å²) in [6.45, 7) is 0. The minimum atomic E-state index is 0.342. The lowest BCUT2D eigenvalue weighted by Crippen LogP contribution is -1.83. The molecule has 2 rings (SSSR count). The molecule has 4 heteroatoms. The maximum Gasteiger partial charge on any atom is 0.0796 e. The van der Waals surface area contributed by atoms with E-state index in [1.165, 1.54) is 0 Å². The lowest BCUT2D eigenvalue weighted by atomic mass is 10.1. The van der Waals surface area contributed by atoms with Crippen LogP contribution in [-0.4, -0.2) is 0 Å². The fourth-order valence-electron chi connectivity index (χ4n) is 1.42. The lowest BCUT2D eigenvalue weighted by molar-refractivity contribution is 1.46. The Balaban J connectivity index is 2.68. The SMILES string of the molecule is Sc1cc(-c2ccccc2)c(Cl)c(Cl)c1Cl. The van der Waals surface area contributed by atoms with Gasteiger partial charge < -0.3 is 0 Å². The molecular weight excluding hydrogens is 283 g/mol. The predicted octanol–water partition coefficient (Wildman–Crippen LogP) is 5.60. The topological polar surface area (TPSA) is 0 Å². The van der Waals surface area contributed by atoms with Gasteiger partial charge in [-0.25, -0.2) is 0 Å². The summed E-state index contributed by atoms with van der Waals surface area (Å²) in [7, 11) is 0. The van der Waals surface area contributed by atoms with Crippen LogP contribution in [-0.2, 0) is 0 Å². The highest BCUT2D eigenvalue weighted by molar-refractivity contribution is 7.80. The van der Waals surface area contributed by atoms with Gasteiger partial charge in [-0.15, -0.1) is 12.6 Å². The second kappa shape index (κ2) is 4.89. The highest BCUT2D eigenvalue weighted by atomic mass is 35.5. The fourth-order valence-corrected chi connectivity index (χ4v) is 2.38. The van der Waals surface area contributed by atoms with Gasteiger partial charge in [0, 0.05) is 10.5 Å². The van der Waals surface area contributed by atoms with Crippen molar-refractivity contribution in [1.82, 2.24) is 0 Å². The van der Waals surface area contributed by atoms with E-state index >= 15 is 0 Å². The molecular formula is C12H7Cl3S. The molecule has 16 heavy (non-hydrogen) atoms. The number of rotatable bonds is 1. The Morgan fingerprint density at radius 2 is 1.44 bits per heavy atom. The summed E-state index contributed by atoms with van der Waals surface area (Å²) in [6, 6.07) is 11.5. The minimum Gasteiger partial charge on any atom is -0.142 e. The predicted molar refractivity (Wildman–Crippen MR) is 74.2 cm³/mol. The molecule has 0 amide bonds. The second-order valence-corrected chi connectivity index (χ2v) is 4.87. The highest BCUT2D eigenvalue weighted by Gasteiger charge is 2.13. The standard InChI is InChI=1S/C12H7Cl3S/c13-10-8(7-4-2-1-3-5-7)6-9(16)11(14)12(10)15/h1-6,16H. The smallest absolute Gasteiger partial charge is 0.0796 e. The van der Waals surface area contributed by atoms with E-state index in [4.69, 9.17) is 34.8 Å². The van der Waals surface area contributed by atoms with E-state index in [9.17, 15) is 0 Å². The zero-order valence-corrected chi connectivity index (χ0v) is 11.2. The number of benzene rings is 2. The van der Waals surface area contributed by atoms with Crippen molar-refractivity contribution < 1.29 is 0 Å². The van der Waals surface area contributed by atoms with Gasteiger partial charge in [0.05, 0.1) is 15.1 Å². The molecule has 0 saturated heterocycles. The normalized spacial score (nSPS) is 10.5. The Bertz CT molecular complexity index is 524. The van der Waals surface area contributed by atoms with E-state index in [-0.39, 0.29) is 0 Å². The van der Waals surface area contributed by atoms with Gasteiger partial charge >= 0.3 is 0 Å². The third-order valence-corrected chi connectivity index (χ3v) is 4.05. The molecule has 0 aliphatic heterocycles. The van der Waals surface area contributed by atoms with Gasteiger partial charge in [0.1, 0.15) is 0 Å². The van der Waals surface area contributed by atoms with Crippen molar-refractivity contribution in [1.29, 1.82) is 0 Å². The Hall–Kier alpha value is -0.340. The molecule has 82 valence electrons. The maximum absolute atomic E-state index is 6.15.